The molecule has 1 saturated heterocycles. The summed E-state index contributed by atoms with van der Waals surface area (Å²) in [6, 6.07) is 6.07. The number of rotatable bonds is 3. The number of nitrogens with two attached hydrogens (primary N) is 1. The third kappa shape index (κ3) is 2.24. The summed E-state index contributed by atoms with van der Waals surface area (Å²) in [6.45, 7) is 1.77. The van der Waals surface area contributed by atoms with Gasteiger partial charge in [-0.25, -0.2) is 4.98 Å². The monoisotopic (exact) mass is 309 g/mol. The topological polar surface area (TPSA) is 53.1 Å². The summed E-state index contributed by atoms with van der Waals surface area (Å²) in [5, 5.41) is 0. The van der Waals surface area contributed by atoms with Crippen LogP contribution in [0.15, 0.2) is 22.7 Å². The lowest BCUT2D eigenvalue weighted by molar-refractivity contribution is 0.101. The van der Waals surface area contributed by atoms with Gasteiger partial charge in [-0.2, -0.15) is 0 Å². The van der Waals surface area contributed by atoms with Crippen LogP contribution >= 0.6 is 15.9 Å². The molecular weight excluding hydrogens is 294 g/mol. The Morgan fingerprint density at radius 1 is 1.50 bits per heavy atom. The molecule has 1 atom stereocenters. The van der Waals surface area contributed by atoms with Crippen molar-refractivity contribution in [1.82, 2.24) is 9.55 Å². The fraction of sp³-hybridized carbons (Fsp3) is 0.462. The number of halogens is 1. The van der Waals surface area contributed by atoms with Crippen LogP contribution in [0.5, 0.6) is 0 Å². The Labute approximate surface area is 114 Å². The van der Waals surface area contributed by atoms with E-state index in [9.17, 15) is 0 Å². The first-order valence-electron chi connectivity index (χ1n) is 6.27. The Morgan fingerprint density at radius 3 is 3.17 bits per heavy atom. The van der Waals surface area contributed by atoms with Gasteiger partial charge in [0, 0.05) is 17.6 Å². The molecule has 4 nitrogen and oxygen atoms in total. The molecule has 1 unspecified atom stereocenters. The number of anilines is 1. The lowest BCUT2D eigenvalue weighted by atomic mass is 10.2. The van der Waals surface area contributed by atoms with E-state index in [1.54, 1.807) is 0 Å². The van der Waals surface area contributed by atoms with Crippen molar-refractivity contribution in [2.45, 2.75) is 31.9 Å². The molecule has 2 N–H and O–H groups in total. The molecule has 0 radical (unpaired) electrons. The first-order chi connectivity index (χ1) is 8.74. The van der Waals surface area contributed by atoms with Gasteiger partial charge >= 0.3 is 0 Å². The predicted octanol–water partition coefficient (Wildman–Crippen LogP) is 2.95. The van der Waals surface area contributed by atoms with Gasteiger partial charge in [0.25, 0.3) is 0 Å². The third-order valence-corrected chi connectivity index (χ3v) is 3.93. The van der Waals surface area contributed by atoms with Gasteiger partial charge in [-0.15, -0.1) is 0 Å². The van der Waals surface area contributed by atoms with Crippen LogP contribution in [0.2, 0.25) is 0 Å². The summed E-state index contributed by atoms with van der Waals surface area (Å²) >= 11 is 3.45. The lowest BCUT2D eigenvalue weighted by Gasteiger charge is -2.11. The summed E-state index contributed by atoms with van der Waals surface area (Å²) < 4.78 is 8.74. The van der Waals surface area contributed by atoms with Gasteiger partial charge in [0.1, 0.15) is 0 Å². The summed E-state index contributed by atoms with van der Waals surface area (Å²) in [7, 11) is 0. The van der Waals surface area contributed by atoms with Crippen molar-refractivity contribution >= 4 is 32.9 Å². The minimum atomic E-state index is 0.386. The molecule has 0 saturated carbocycles. The number of hydrogen-bond donors (Lipinski definition) is 1. The Kier molecular flexibility index (Phi) is 3.26. The number of nitrogens with zero attached hydrogens (tertiary/aromatic N) is 2. The second kappa shape index (κ2) is 4.90. The molecule has 5 heteroatoms. The van der Waals surface area contributed by atoms with Crippen LogP contribution in [0.25, 0.3) is 11.0 Å². The Balaban J connectivity index is 1.84. The molecule has 96 valence electrons. The number of aromatic nitrogens is 2. The van der Waals surface area contributed by atoms with Crippen LogP contribution in [0, 0.1) is 0 Å². The quantitative estimate of drug-likeness (QED) is 0.948. The van der Waals surface area contributed by atoms with Gasteiger partial charge in [0.2, 0.25) is 5.95 Å². The summed E-state index contributed by atoms with van der Waals surface area (Å²) in [4.78, 5) is 4.39. The first-order valence-corrected chi connectivity index (χ1v) is 7.06. The Hall–Kier alpha value is -1.07. The van der Waals surface area contributed by atoms with Gasteiger partial charge in [0.15, 0.2) is 0 Å². The maximum Gasteiger partial charge on any atom is 0.201 e. The number of imidazole rings is 1. The zero-order valence-corrected chi connectivity index (χ0v) is 11.7. The van der Waals surface area contributed by atoms with E-state index < -0.39 is 0 Å². The molecule has 2 aromatic rings. The van der Waals surface area contributed by atoms with Crippen LogP contribution in [0.3, 0.4) is 0 Å². The molecule has 1 aromatic carbocycles. The largest absolute Gasteiger partial charge is 0.378 e. The SMILES string of the molecule is Nc1nc2cc(Br)ccc2n1CCC1CCCO1. The molecule has 0 spiro atoms. The zero-order valence-electron chi connectivity index (χ0n) is 10.1. The maximum atomic E-state index is 5.98. The minimum absolute atomic E-state index is 0.386. The first kappa shape index (κ1) is 12.0. The van der Waals surface area contributed by atoms with E-state index in [1.807, 2.05) is 12.1 Å². The lowest BCUT2D eigenvalue weighted by Crippen LogP contribution is -2.11. The van der Waals surface area contributed by atoms with Crippen molar-refractivity contribution in [3.8, 4) is 0 Å². The molecule has 1 aromatic heterocycles. The van der Waals surface area contributed by atoms with Crippen LogP contribution in [0.4, 0.5) is 5.95 Å². The summed E-state index contributed by atoms with van der Waals surface area (Å²) in [6.07, 6.45) is 3.74. The molecule has 0 bridgehead atoms. The molecule has 1 aliphatic heterocycles. The fourth-order valence-corrected chi connectivity index (χ4v) is 2.85. The molecule has 0 aliphatic carbocycles. The highest BCUT2D eigenvalue weighted by Crippen LogP contribution is 2.24. The van der Waals surface area contributed by atoms with Crippen molar-refractivity contribution in [3.05, 3.63) is 22.7 Å². The molecular formula is C13H16BrN3O. The van der Waals surface area contributed by atoms with Crippen LogP contribution < -0.4 is 5.73 Å². The number of ether oxygens (including phenoxy) is 1. The van der Waals surface area contributed by atoms with E-state index in [0.717, 1.165) is 41.5 Å². The second-order valence-corrected chi connectivity index (χ2v) is 5.59. The maximum absolute atomic E-state index is 5.98. The third-order valence-electron chi connectivity index (χ3n) is 3.44. The second-order valence-electron chi connectivity index (χ2n) is 4.68. The van der Waals surface area contributed by atoms with Crippen LogP contribution in [-0.2, 0) is 11.3 Å². The Bertz CT molecular complexity index is 561. The normalized spacial score (nSPS) is 19.7. The number of hydrogen-bond acceptors (Lipinski definition) is 3. The van der Waals surface area contributed by atoms with Crippen molar-refractivity contribution in [2.24, 2.45) is 0 Å². The predicted molar refractivity (Wildman–Crippen MR) is 75.4 cm³/mol. The van der Waals surface area contributed by atoms with E-state index in [0.29, 0.717) is 12.1 Å². The summed E-state index contributed by atoms with van der Waals surface area (Å²) in [5.41, 5.74) is 8.01. The smallest absolute Gasteiger partial charge is 0.201 e. The number of benzene rings is 1. The molecule has 2 heterocycles. The average molecular weight is 310 g/mol. The molecule has 18 heavy (non-hydrogen) atoms. The molecule has 1 fully saturated rings. The minimum Gasteiger partial charge on any atom is -0.378 e. The molecule has 1 aliphatic rings. The van der Waals surface area contributed by atoms with Crippen molar-refractivity contribution in [3.63, 3.8) is 0 Å². The van der Waals surface area contributed by atoms with Crippen molar-refractivity contribution < 1.29 is 4.74 Å². The fourth-order valence-electron chi connectivity index (χ4n) is 2.50. The standard InChI is InChI=1S/C13H16BrN3O/c14-9-3-4-12-11(8-9)16-13(15)17(12)6-5-10-2-1-7-18-10/h3-4,8,10H,1-2,5-7H2,(H2,15,16). The van der Waals surface area contributed by atoms with E-state index in [1.165, 1.54) is 6.42 Å². The number of fused-ring (bicyclic) bond motifs is 1. The van der Waals surface area contributed by atoms with Crippen LogP contribution in [0.1, 0.15) is 19.3 Å². The highest BCUT2D eigenvalue weighted by molar-refractivity contribution is 9.10. The zero-order chi connectivity index (χ0) is 12.5. The van der Waals surface area contributed by atoms with E-state index >= 15 is 0 Å². The average Bonchev–Trinajstić information content (AvgIpc) is 2.93. The highest BCUT2D eigenvalue weighted by atomic mass is 79.9. The number of nitrogen functional groups attached to an aromatic ring is 1. The van der Waals surface area contributed by atoms with Crippen LogP contribution in [-0.4, -0.2) is 22.3 Å². The van der Waals surface area contributed by atoms with E-state index in [4.69, 9.17) is 10.5 Å². The van der Waals surface area contributed by atoms with Gasteiger partial charge in [-0.1, -0.05) is 15.9 Å². The van der Waals surface area contributed by atoms with Gasteiger partial charge < -0.3 is 15.0 Å². The number of aryl methyl sites for hydroxylation is 1. The van der Waals surface area contributed by atoms with Crippen molar-refractivity contribution in [1.29, 1.82) is 0 Å². The Morgan fingerprint density at radius 2 is 2.39 bits per heavy atom. The highest BCUT2D eigenvalue weighted by Gasteiger charge is 2.16. The van der Waals surface area contributed by atoms with Gasteiger partial charge in [-0.05, 0) is 37.5 Å². The summed E-state index contributed by atoms with van der Waals surface area (Å²) in [5.74, 6) is 0.584. The molecule has 3 rings (SSSR count). The van der Waals surface area contributed by atoms with Crippen molar-refractivity contribution in [2.75, 3.05) is 12.3 Å². The van der Waals surface area contributed by atoms with Gasteiger partial charge in [-0.3, -0.25) is 0 Å². The van der Waals surface area contributed by atoms with Gasteiger partial charge in [0.05, 0.1) is 17.1 Å². The van der Waals surface area contributed by atoms with E-state index in [-0.39, 0.29) is 0 Å². The molecule has 0 amide bonds. The van der Waals surface area contributed by atoms with E-state index in [2.05, 4.69) is 31.5 Å².